The second-order valence-corrected chi connectivity index (χ2v) is 3.62. The summed E-state index contributed by atoms with van der Waals surface area (Å²) in [6, 6.07) is 4.68. The summed E-state index contributed by atoms with van der Waals surface area (Å²) in [4.78, 5) is 0. The number of hydrogen-bond donors (Lipinski definition) is 1. The van der Waals surface area contributed by atoms with Gasteiger partial charge in [-0.1, -0.05) is 11.6 Å². The number of benzene rings is 1. The molecule has 0 heterocycles. The standard InChI is InChI=1S/C11H13F3O2/c1-7-3-4-10(9(5-7)8(2)15)16-6-11(12,13)14/h3-5,8,15H,6H2,1-2H3/t8-/m1/s1. The molecule has 0 unspecified atom stereocenters. The molecule has 0 bridgehead atoms. The summed E-state index contributed by atoms with van der Waals surface area (Å²) in [5, 5.41) is 9.40. The number of aliphatic hydroxyl groups is 1. The monoisotopic (exact) mass is 234 g/mol. The Kier molecular flexibility index (Phi) is 3.80. The van der Waals surface area contributed by atoms with Gasteiger partial charge in [-0.3, -0.25) is 0 Å². The molecule has 0 saturated carbocycles. The first-order valence-corrected chi connectivity index (χ1v) is 4.78. The van der Waals surface area contributed by atoms with Crippen LogP contribution in [0.15, 0.2) is 18.2 Å². The van der Waals surface area contributed by atoms with E-state index >= 15 is 0 Å². The van der Waals surface area contributed by atoms with Gasteiger partial charge in [-0.05, 0) is 26.0 Å². The number of ether oxygens (including phenoxy) is 1. The largest absolute Gasteiger partial charge is 0.484 e. The Morgan fingerprint density at radius 3 is 2.50 bits per heavy atom. The molecule has 1 N–H and O–H groups in total. The molecule has 2 nitrogen and oxygen atoms in total. The van der Waals surface area contributed by atoms with E-state index < -0.39 is 18.9 Å². The molecule has 0 aromatic heterocycles. The number of aliphatic hydroxyl groups excluding tert-OH is 1. The fraction of sp³-hybridized carbons (Fsp3) is 0.455. The van der Waals surface area contributed by atoms with Crippen LogP contribution in [-0.2, 0) is 0 Å². The zero-order chi connectivity index (χ0) is 12.3. The Hall–Kier alpha value is -1.23. The normalized spacial score (nSPS) is 13.6. The molecule has 0 amide bonds. The number of hydrogen-bond acceptors (Lipinski definition) is 2. The molecule has 0 saturated heterocycles. The summed E-state index contributed by atoms with van der Waals surface area (Å²) in [6.45, 7) is 1.92. The number of halogens is 3. The van der Waals surface area contributed by atoms with Crippen molar-refractivity contribution >= 4 is 0 Å². The van der Waals surface area contributed by atoms with Crippen LogP contribution in [0.5, 0.6) is 5.75 Å². The van der Waals surface area contributed by atoms with E-state index in [1.165, 1.54) is 13.0 Å². The molecule has 0 aliphatic rings. The number of rotatable bonds is 3. The van der Waals surface area contributed by atoms with Crippen LogP contribution in [0.4, 0.5) is 13.2 Å². The van der Waals surface area contributed by atoms with Crippen LogP contribution >= 0.6 is 0 Å². The quantitative estimate of drug-likeness (QED) is 0.871. The van der Waals surface area contributed by atoms with Crippen molar-refractivity contribution in [3.8, 4) is 5.75 Å². The van der Waals surface area contributed by atoms with Crippen LogP contribution in [0.3, 0.4) is 0 Å². The molecule has 0 radical (unpaired) electrons. The second-order valence-electron chi connectivity index (χ2n) is 3.62. The summed E-state index contributed by atoms with van der Waals surface area (Å²) < 4.78 is 40.5. The average Bonchev–Trinajstić information content (AvgIpc) is 2.14. The van der Waals surface area contributed by atoms with Gasteiger partial charge in [-0.2, -0.15) is 13.2 Å². The van der Waals surface area contributed by atoms with Crippen LogP contribution in [0.25, 0.3) is 0 Å². The number of aryl methyl sites for hydroxylation is 1. The molecule has 0 aliphatic heterocycles. The maximum absolute atomic E-state index is 12.0. The molecule has 0 spiro atoms. The fourth-order valence-electron chi connectivity index (χ4n) is 1.29. The molecule has 1 atom stereocenters. The summed E-state index contributed by atoms with van der Waals surface area (Å²) in [7, 11) is 0. The van der Waals surface area contributed by atoms with E-state index in [9.17, 15) is 18.3 Å². The maximum Gasteiger partial charge on any atom is 0.422 e. The minimum Gasteiger partial charge on any atom is -0.484 e. The molecule has 16 heavy (non-hydrogen) atoms. The van der Waals surface area contributed by atoms with Crippen molar-refractivity contribution in [2.24, 2.45) is 0 Å². The topological polar surface area (TPSA) is 29.5 Å². The van der Waals surface area contributed by atoms with Gasteiger partial charge in [-0.25, -0.2) is 0 Å². The Morgan fingerprint density at radius 2 is 2.00 bits per heavy atom. The van der Waals surface area contributed by atoms with Gasteiger partial charge in [0, 0.05) is 5.56 Å². The van der Waals surface area contributed by atoms with E-state index in [-0.39, 0.29) is 5.75 Å². The average molecular weight is 234 g/mol. The molecule has 5 heteroatoms. The van der Waals surface area contributed by atoms with Crippen LogP contribution in [0.2, 0.25) is 0 Å². The fourth-order valence-corrected chi connectivity index (χ4v) is 1.29. The Morgan fingerprint density at radius 1 is 1.38 bits per heavy atom. The highest BCUT2D eigenvalue weighted by atomic mass is 19.4. The maximum atomic E-state index is 12.0. The van der Waals surface area contributed by atoms with Crippen LogP contribution in [0, 0.1) is 6.92 Å². The zero-order valence-electron chi connectivity index (χ0n) is 9.01. The highest BCUT2D eigenvalue weighted by Gasteiger charge is 2.29. The van der Waals surface area contributed by atoms with Crippen molar-refractivity contribution in [1.29, 1.82) is 0 Å². The third-order valence-electron chi connectivity index (χ3n) is 2.01. The van der Waals surface area contributed by atoms with Crippen LogP contribution < -0.4 is 4.74 Å². The van der Waals surface area contributed by atoms with Crippen molar-refractivity contribution < 1.29 is 23.0 Å². The molecule has 0 fully saturated rings. The molecule has 1 aromatic rings. The lowest BCUT2D eigenvalue weighted by molar-refractivity contribution is -0.153. The molecule has 90 valence electrons. The zero-order valence-corrected chi connectivity index (χ0v) is 9.01. The summed E-state index contributed by atoms with van der Waals surface area (Å²) in [5.74, 6) is 0.0675. The molecule has 0 aliphatic carbocycles. The van der Waals surface area contributed by atoms with Gasteiger partial charge in [0.15, 0.2) is 6.61 Å². The summed E-state index contributed by atoms with van der Waals surface area (Å²) in [5.41, 5.74) is 1.22. The van der Waals surface area contributed by atoms with Gasteiger partial charge in [0.25, 0.3) is 0 Å². The molecule has 1 aromatic carbocycles. The second kappa shape index (κ2) is 4.74. The Bertz CT molecular complexity index is 359. The van der Waals surface area contributed by atoms with Gasteiger partial charge in [0.05, 0.1) is 6.10 Å². The predicted molar refractivity (Wildman–Crippen MR) is 53.4 cm³/mol. The van der Waals surface area contributed by atoms with Gasteiger partial charge in [0.1, 0.15) is 5.75 Å². The minimum atomic E-state index is -4.37. The van der Waals surface area contributed by atoms with E-state index in [0.29, 0.717) is 5.56 Å². The third kappa shape index (κ3) is 3.73. The van der Waals surface area contributed by atoms with E-state index in [1.807, 2.05) is 0 Å². The molecular formula is C11H13F3O2. The van der Waals surface area contributed by atoms with E-state index in [4.69, 9.17) is 0 Å². The van der Waals surface area contributed by atoms with Gasteiger partial charge in [-0.15, -0.1) is 0 Å². The Balaban J connectivity index is 2.87. The predicted octanol–water partition coefficient (Wildman–Crippen LogP) is 2.99. The number of alkyl halides is 3. The smallest absolute Gasteiger partial charge is 0.422 e. The van der Waals surface area contributed by atoms with Crippen molar-refractivity contribution in [1.82, 2.24) is 0 Å². The minimum absolute atomic E-state index is 0.0675. The summed E-state index contributed by atoms with van der Waals surface area (Å²) >= 11 is 0. The lowest BCUT2D eigenvalue weighted by atomic mass is 10.1. The first-order chi connectivity index (χ1) is 7.29. The van der Waals surface area contributed by atoms with Crippen molar-refractivity contribution in [3.05, 3.63) is 29.3 Å². The van der Waals surface area contributed by atoms with E-state index in [1.54, 1.807) is 19.1 Å². The SMILES string of the molecule is Cc1ccc(OCC(F)(F)F)c([C@@H](C)O)c1. The lowest BCUT2D eigenvalue weighted by Crippen LogP contribution is -2.20. The van der Waals surface area contributed by atoms with Crippen LogP contribution in [0.1, 0.15) is 24.2 Å². The first kappa shape index (κ1) is 12.8. The van der Waals surface area contributed by atoms with Crippen molar-refractivity contribution in [2.45, 2.75) is 26.1 Å². The Labute approximate surface area is 91.7 Å². The van der Waals surface area contributed by atoms with Gasteiger partial charge in [0.2, 0.25) is 0 Å². The highest BCUT2D eigenvalue weighted by molar-refractivity contribution is 5.38. The first-order valence-electron chi connectivity index (χ1n) is 4.78. The molecule has 1 rings (SSSR count). The summed E-state index contributed by atoms with van der Waals surface area (Å²) in [6.07, 6.45) is -5.23. The third-order valence-corrected chi connectivity index (χ3v) is 2.01. The van der Waals surface area contributed by atoms with E-state index in [2.05, 4.69) is 4.74 Å². The lowest BCUT2D eigenvalue weighted by Gasteiger charge is -2.15. The van der Waals surface area contributed by atoms with Gasteiger partial charge >= 0.3 is 6.18 Å². The molecular weight excluding hydrogens is 221 g/mol. The van der Waals surface area contributed by atoms with Crippen molar-refractivity contribution in [2.75, 3.05) is 6.61 Å². The van der Waals surface area contributed by atoms with E-state index in [0.717, 1.165) is 5.56 Å². The van der Waals surface area contributed by atoms with Crippen molar-refractivity contribution in [3.63, 3.8) is 0 Å². The highest BCUT2D eigenvalue weighted by Crippen LogP contribution is 2.27. The van der Waals surface area contributed by atoms with Gasteiger partial charge < -0.3 is 9.84 Å². The van der Waals surface area contributed by atoms with Crippen LogP contribution in [-0.4, -0.2) is 17.9 Å².